The molecule has 3 nitrogen and oxygen atoms in total. The van der Waals surface area contributed by atoms with E-state index >= 15 is 0 Å². The molecule has 3 heteroatoms. The summed E-state index contributed by atoms with van der Waals surface area (Å²) < 4.78 is 0. The molecule has 0 aromatic rings. The monoisotopic (exact) mass is 266 g/mol. The molecule has 0 amide bonds. The fraction of sp³-hybridized carbons (Fsp3) is 1.00. The van der Waals surface area contributed by atoms with Gasteiger partial charge in [0.05, 0.1) is 6.61 Å². The molecule has 3 rings (SSSR count). The molecule has 0 aromatic carbocycles. The molecule has 5 atom stereocenters. The largest absolute Gasteiger partial charge is 0.394 e. The Bertz CT molecular complexity index is 322. The van der Waals surface area contributed by atoms with Crippen molar-refractivity contribution in [1.82, 2.24) is 4.90 Å². The number of aliphatic hydroxyl groups is 1. The smallest absolute Gasteiger partial charge is 0.0611 e. The fourth-order valence-corrected chi connectivity index (χ4v) is 5.00. The molecule has 19 heavy (non-hydrogen) atoms. The van der Waals surface area contributed by atoms with Crippen molar-refractivity contribution in [2.45, 2.75) is 62.9 Å². The topological polar surface area (TPSA) is 49.5 Å². The summed E-state index contributed by atoms with van der Waals surface area (Å²) in [6, 6.07) is 0.588. The molecule has 3 fully saturated rings. The van der Waals surface area contributed by atoms with Gasteiger partial charge in [-0.2, -0.15) is 0 Å². The molecule has 5 unspecified atom stereocenters. The number of hydrogen-bond donors (Lipinski definition) is 2. The van der Waals surface area contributed by atoms with Crippen LogP contribution in [0.25, 0.3) is 0 Å². The SMILES string of the molecule is CN(CC1CC2CCC1C2)C1CCCC(N)(CO)C1. The van der Waals surface area contributed by atoms with Crippen LogP contribution in [0.4, 0.5) is 0 Å². The average Bonchev–Trinajstić information content (AvgIpc) is 3.01. The van der Waals surface area contributed by atoms with E-state index in [0.717, 1.165) is 30.6 Å². The second-order valence-electron chi connectivity index (χ2n) is 7.65. The standard InChI is InChI=1S/C16H30N2O/c1-18(10-14-8-12-4-5-13(14)7-12)15-3-2-6-16(17,9-15)11-19/h12-15,19H,2-11,17H2,1H3. The van der Waals surface area contributed by atoms with Gasteiger partial charge in [-0.1, -0.05) is 6.42 Å². The van der Waals surface area contributed by atoms with Crippen molar-refractivity contribution in [3.63, 3.8) is 0 Å². The zero-order chi connectivity index (χ0) is 13.5. The maximum Gasteiger partial charge on any atom is 0.0611 e. The van der Waals surface area contributed by atoms with Crippen LogP contribution in [-0.4, -0.2) is 41.8 Å². The summed E-state index contributed by atoms with van der Waals surface area (Å²) in [5.74, 6) is 2.99. The van der Waals surface area contributed by atoms with E-state index < -0.39 is 0 Å². The first-order valence-electron chi connectivity index (χ1n) is 8.19. The molecule has 0 saturated heterocycles. The molecular formula is C16H30N2O. The summed E-state index contributed by atoms with van der Waals surface area (Å²) in [5.41, 5.74) is 5.96. The van der Waals surface area contributed by atoms with Gasteiger partial charge in [0.15, 0.2) is 0 Å². The van der Waals surface area contributed by atoms with Crippen molar-refractivity contribution < 1.29 is 5.11 Å². The first-order valence-corrected chi connectivity index (χ1v) is 8.19. The Hall–Kier alpha value is -0.120. The van der Waals surface area contributed by atoms with Crippen LogP contribution in [-0.2, 0) is 0 Å². The predicted octanol–water partition coefficient (Wildman–Crippen LogP) is 1.99. The minimum atomic E-state index is -0.314. The zero-order valence-corrected chi connectivity index (χ0v) is 12.4. The normalized spacial score (nSPS) is 46.1. The first-order chi connectivity index (χ1) is 9.09. The number of rotatable bonds is 4. The van der Waals surface area contributed by atoms with Crippen LogP contribution < -0.4 is 5.73 Å². The van der Waals surface area contributed by atoms with Crippen LogP contribution in [0.5, 0.6) is 0 Å². The van der Waals surface area contributed by atoms with E-state index in [1.165, 1.54) is 45.1 Å². The van der Waals surface area contributed by atoms with Crippen molar-refractivity contribution in [3.8, 4) is 0 Å². The Morgan fingerprint density at radius 2 is 2.11 bits per heavy atom. The van der Waals surface area contributed by atoms with Crippen LogP contribution in [0, 0.1) is 17.8 Å². The van der Waals surface area contributed by atoms with Gasteiger partial charge in [-0.05, 0) is 69.7 Å². The van der Waals surface area contributed by atoms with Crippen LogP contribution in [0.15, 0.2) is 0 Å². The molecule has 0 radical (unpaired) electrons. The van der Waals surface area contributed by atoms with Crippen LogP contribution in [0.1, 0.15) is 51.4 Å². The Labute approximate surface area is 117 Å². The van der Waals surface area contributed by atoms with Crippen molar-refractivity contribution in [3.05, 3.63) is 0 Å². The quantitative estimate of drug-likeness (QED) is 0.818. The number of fused-ring (bicyclic) bond motifs is 2. The van der Waals surface area contributed by atoms with Crippen molar-refractivity contribution in [1.29, 1.82) is 0 Å². The van der Waals surface area contributed by atoms with Gasteiger partial charge in [0.25, 0.3) is 0 Å². The highest BCUT2D eigenvalue weighted by Gasteiger charge is 2.41. The summed E-state index contributed by atoms with van der Waals surface area (Å²) in [6.45, 7) is 1.40. The molecule has 3 saturated carbocycles. The molecule has 0 aliphatic heterocycles. The van der Waals surface area contributed by atoms with Crippen LogP contribution >= 0.6 is 0 Å². The highest BCUT2D eigenvalue weighted by molar-refractivity contribution is 4.95. The van der Waals surface area contributed by atoms with Gasteiger partial charge in [0, 0.05) is 18.1 Å². The van der Waals surface area contributed by atoms with Crippen LogP contribution in [0.2, 0.25) is 0 Å². The number of aliphatic hydroxyl groups excluding tert-OH is 1. The molecule has 3 aliphatic carbocycles. The van der Waals surface area contributed by atoms with Gasteiger partial charge < -0.3 is 15.7 Å². The van der Waals surface area contributed by atoms with E-state index in [9.17, 15) is 5.11 Å². The van der Waals surface area contributed by atoms with Crippen molar-refractivity contribution in [2.75, 3.05) is 20.2 Å². The van der Waals surface area contributed by atoms with Gasteiger partial charge in [-0.3, -0.25) is 0 Å². The lowest BCUT2D eigenvalue weighted by Gasteiger charge is -2.42. The molecule has 0 aromatic heterocycles. The van der Waals surface area contributed by atoms with E-state index in [0.29, 0.717) is 6.04 Å². The van der Waals surface area contributed by atoms with Crippen LogP contribution in [0.3, 0.4) is 0 Å². The van der Waals surface area contributed by atoms with Crippen molar-refractivity contribution >= 4 is 0 Å². The summed E-state index contributed by atoms with van der Waals surface area (Å²) in [5, 5.41) is 9.48. The van der Waals surface area contributed by atoms with E-state index in [2.05, 4.69) is 11.9 Å². The van der Waals surface area contributed by atoms with E-state index in [1.54, 1.807) is 0 Å². The summed E-state index contributed by atoms with van der Waals surface area (Å²) >= 11 is 0. The summed E-state index contributed by atoms with van der Waals surface area (Å²) in [6.07, 6.45) is 10.3. The Kier molecular flexibility index (Phi) is 3.89. The lowest BCUT2D eigenvalue weighted by Crippen LogP contribution is -2.53. The van der Waals surface area contributed by atoms with Crippen molar-refractivity contribution in [2.24, 2.45) is 23.5 Å². The third-order valence-corrected chi connectivity index (χ3v) is 6.20. The molecular weight excluding hydrogens is 236 g/mol. The minimum absolute atomic E-state index is 0.144. The van der Waals surface area contributed by atoms with Gasteiger partial charge in [-0.25, -0.2) is 0 Å². The Morgan fingerprint density at radius 3 is 2.74 bits per heavy atom. The molecule has 0 heterocycles. The molecule has 2 bridgehead atoms. The Balaban J connectivity index is 1.54. The number of nitrogens with zero attached hydrogens (tertiary/aromatic N) is 1. The van der Waals surface area contributed by atoms with E-state index in [-0.39, 0.29) is 12.1 Å². The maximum atomic E-state index is 9.48. The molecule has 3 N–H and O–H groups in total. The zero-order valence-electron chi connectivity index (χ0n) is 12.4. The van der Waals surface area contributed by atoms with E-state index in [4.69, 9.17) is 5.73 Å². The third kappa shape index (κ3) is 2.84. The second kappa shape index (κ2) is 5.34. The minimum Gasteiger partial charge on any atom is -0.394 e. The molecule has 0 spiro atoms. The summed E-state index contributed by atoms with van der Waals surface area (Å²) in [4.78, 5) is 2.56. The lowest BCUT2D eigenvalue weighted by atomic mass is 9.79. The lowest BCUT2D eigenvalue weighted by molar-refractivity contribution is 0.0802. The second-order valence-corrected chi connectivity index (χ2v) is 7.65. The highest BCUT2D eigenvalue weighted by atomic mass is 16.3. The average molecular weight is 266 g/mol. The third-order valence-electron chi connectivity index (χ3n) is 6.20. The number of hydrogen-bond acceptors (Lipinski definition) is 3. The fourth-order valence-electron chi connectivity index (χ4n) is 5.00. The van der Waals surface area contributed by atoms with E-state index in [1.807, 2.05) is 0 Å². The number of nitrogens with two attached hydrogens (primary N) is 1. The van der Waals surface area contributed by atoms with Gasteiger partial charge in [0.1, 0.15) is 0 Å². The highest BCUT2D eigenvalue weighted by Crippen LogP contribution is 2.48. The maximum absolute atomic E-state index is 9.48. The van der Waals surface area contributed by atoms with Gasteiger partial charge in [0.2, 0.25) is 0 Å². The molecule has 110 valence electrons. The molecule has 3 aliphatic rings. The van der Waals surface area contributed by atoms with Gasteiger partial charge in [-0.15, -0.1) is 0 Å². The summed E-state index contributed by atoms with van der Waals surface area (Å²) in [7, 11) is 2.28. The predicted molar refractivity (Wildman–Crippen MR) is 77.8 cm³/mol. The van der Waals surface area contributed by atoms with Gasteiger partial charge >= 0.3 is 0 Å². The Morgan fingerprint density at radius 1 is 1.26 bits per heavy atom. The first kappa shape index (κ1) is 13.8.